The lowest BCUT2D eigenvalue weighted by molar-refractivity contribution is -0.260. The van der Waals surface area contributed by atoms with E-state index in [1.807, 2.05) is 54.6 Å². The normalized spacial score (nSPS) is 20.8. The highest BCUT2D eigenvalue weighted by Crippen LogP contribution is 2.28. The zero-order valence-electron chi connectivity index (χ0n) is 34.0. The molecule has 17 nitrogen and oxygen atoms in total. The van der Waals surface area contributed by atoms with Gasteiger partial charge in [-0.05, 0) is 41.0 Å². The second-order valence-corrected chi connectivity index (χ2v) is 15.0. The summed E-state index contributed by atoms with van der Waals surface area (Å²) in [6.07, 6.45) is -4.15. The predicted molar refractivity (Wildman–Crippen MR) is 219 cm³/mol. The molecular formula is C42H56N8O9. The number of amides is 6. The molecule has 0 saturated carbocycles. The maximum absolute atomic E-state index is 13.7. The number of hydrogen-bond donors (Lipinski definition) is 2. The highest BCUT2D eigenvalue weighted by Gasteiger charge is 2.44. The van der Waals surface area contributed by atoms with Crippen molar-refractivity contribution in [3.05, 3.63) is 95.6 Å². The summed E-state index contributed by atoms with van der Waals surface area (Å²) in [6.45, 7) is 3.36. The SMILES string of the molecule is CO[C@@H]1C[C@@H](OC(=O)N2CCN(C(=O)N(C)Cc3ccc(N)cc3)CC2)[C@H](OCc2ccccc2)[C@@H](COC(=O)N2CCN(C(=O)N(C)Cc3ccc(N)cc3)CC2)O1. The highest BCUT2D eigenvalue weighted by molar-refractivity contribution is 5.76. The van der Waals surface area contributed by atoms with Crippen LogP contribution in [-0.2, 0) is 43.4 Å². The summed E-state index contributed by atoms with van der Waals surface area (Å²) in [5.41, 5.74) is 15.7. The van der Waals surface area contributed by atoms with E-state index < -0.39 is 36.8 Å². The van der Waals surface area contributed by atoms with Crippen molar-refractivity contribution in [1.29, 1.82) is 0 Å². The zero-order chi connectivity index (χ0) is 41.9. The fourth-order valence-corrected chi connectivity index (χ4v) is 7.29. The Morgan fingerprint density at radius 2 is 1.14 bits per heavy atom. The third-order valence-corrected chi connectivity index (χ3v) is 10.7. The quantitative estimate of drug-likeness (QED) is 0.268. The molecule has 0 aromatic heterocycles. The van der Waals surface area contributed by atoms with E-state index in [1.165, 1.54) is 7.11 Å². The molecule has 6 rings (SSSR count). The molecule has 3 saturated heterocycles. The molecule has 3 aliphatic rings. The summed E-state index contributed by atoms with van der Waals surface area (Å²) >= 11 is 0. The number of urea groups is 2. The molecule has 0 spiro atoms. The molecule has 3 heterocycles. The van der Waals surface area contributed by atoms with Crippen LogP contribution >= 0.6 is 0 Å². The Bertz CT molecular complexity index is 1840. The molecule has 0 aliphatic carbocycles. The van der Waals surface area contributed by atoms with E-state index in [0.717, 1.165) is 16.7 Å². The van der Waals surface area contributed by atoms with Gasteiger partial charge in [-0.2, -0.15) is 0 Å². The van der Waals surface area contributed by atoms with Gasteiger partial charge in [0.25, 0.3) is 0 Å². The summed E-state index contributed by atoms with van der Waals surface area (Å²) in [6, 6.07) is 24.0. The molecule has 59 heavy (non-hydrogen) atoms. The van der Waals surface area contributed by atoms with Crippen molar-refractivity contribution < 1.29 is 42.9 Å². The molecule has 4 atom stereocenters. The van der Waals surface area contributed by atoms with Crippen molar-refractivity contribution in [2.24, 2.45) is 0 Å². The van der Waals surface area contributed by atoms with Crippen LogP contribution in [0.5, 0.6) is 0 Å². The van der Waals surface area contributed by atoms with E-state index >= 15 is 0 Å². The first-order valence-corrected chi connectivity index (χ1v) is 19.9. The number of ether oxygens (including phenoxy) is 5. The van der Waals surface area contributed by atoms with Gasteiger partial charge in [-0.3, -0.25) is 0 Å². The monoisotopic (exact) mass is 816 g/mol. The van der Waals surface area contributed by atoms with E-state index in [9.17, 15) is 19.2 Å². The van der Waals surface area contributed by atoms with Crippen molar-refractivity contribution >= 4 is 35.6 Å². The number of rotatable bonds is 11. The number of carbonyl (C=O) groups excluding carboxylic acids is 4. The summed E-state index contributed by atoms with van der Waals surface area (Å²) in [5, 5.41) is 0. The Labute approximate surface area is 345 Å². The number of nitrogens with two attached hydrogens (primary N) is 2. The smallest absolute Gasteiger partial charge is 0.410 e. The van der Waals surface area contributed by atoms with Gasteiger partial charge in [-0.25, -0.2) is 19.2 Å². The first-order chi connectivity index (χ1) is 28.5. The largest absolute Gasteiger partial charge is 0.447 e. The molecule has 3 fully saturated rings. The molecule has 6 amide bonds. The van der Waals surface area contributed by atoms with Crippen LogP contribution in [0.15, 0.2) is 78.9 Å². The van der Waals surface area contributed by atoms with E-state index in [1.54, 1.807) is 67.8 Å². The Morgan fingerprint density at radius 1 is 0.661 bits per heavy atom. The lowest BCUT2D eigenvalue weighted by atomic mass is 10.0. The van der Waals surface area contributed by atoms with Crippen LogP contribution in [-0.4, -0.2) is 158 Å². The molecule has 3 aromatic carbocycles. The number of hydrogen-bond acceptors (Lipinski definition) is 11. The molecule has 4 N–H and O–H groups in total. The van der Waals surface area contributed by atoms with Crippen LogP contribution in [0.2, 0.25) is 0 Å². The third-order valence-electron chi connectivity index (χ3n) is 10.7. The Kier molecular flexibility index (Phi) is 14.7. The minimum atomic E-state index is -0.838. The lowest BCUT2D eigenvalue weighted by Crippen LogP contribution is -2.57. The molecule has 3 aliphatic heterocycles. The summed E-state index contributed by atoms with van der Waals surface area (Å²) in [4.78, 5) is 63.3. The Balaban J connectivity index is 1.03. The van der Waals surface area contributed by atoms with Crippen LogP contribution < -0.4 is 11.5 Å². The number of benzene rings is 3. The maximum Gasteiger partial charge on any atom is 0.410 e. The van der Waals surface area contributed by atoms with Crippen molar-refractivity contribution in [1.82, 2.24) is 29.4 Å². The van der Waals surface area contributed by atoms with Crippen LogP contribution in [0.25, 0.3) is 0 Å². The van der Waals surface area contributed by atoms with Gasteiger partial charge in [0.1, 0.15) is 24.9 Å². The van der Waals surface area contributed by atoms with Gasteiger partial charge in [0.05, 0.1) is 6.61 Å². The minimum absolute atomic E-state index is 0.136. The highest BCUT2D eigenvalue weighted by atomic mass is 16.7. The first kappa shape index (κ1) is 42.8. The minimum Gasteiger partial charge on any atom is -0.447 e. The first-order valence-electron chi connectivity index (χ1n) is 19.9. The number of carbonyl (C=O) groups is 4. The number of nitrogen functional groups attached to an aromatic ring is 2. The molecule has 0 bridgehead atoms. The van der Waals surface area contributed by atoms with Crippen LogP contribution in [0.3, 0.4) is 0 Å². The average Bonchev–Trinajstić information content (AvgIpc) is 3.26. The van der Waals surface area contributed by atoms with Crippen molar-refractivity contribution in [3.8, 4) is 0 Å². The van der Waals surface area contributed by atoms with E-state index in [-0.39, 0.29) is 44.8 Å². The standard InChI is InChI=1S/C42H56N8O9/c1-45(26-30-9-13-33(43)14-10-30)39(51)47-17-21-49(22-18-47)41(53)57-29-36-38(56-28-32-7-5-4-6-8-32)35(25-37(55-3)58-36)59-42(54)50-23-19-48(20-24-50)40(52)46(2)27-31-11-15-34(44)16-12-31/h4-16,35-38H,17-29,43-44H2,1-3H3/t35-,36-,37+,38+/m1/s1. The Hall–Kier alpha value is -5.78. The lowest BCUT2D eigenvalue weighted by Gasteiger charge is -2.42. The third kappa shape index (κ3) is 11.7. The van der Waals surface area contributed by atoms with Crippen LogP contribution in [0.1, 0.15) is 23.1 Å². The Morgan fingerprint density at radius 3 is 1.63 bits per heavy atom. The molecule has 3 aromatic rings. The topological polar surface area (TPSA) is 186 Å². The van der Waals surface area contributed by atoms with Gasteiger partial charge in [-0.1, -0.05) is 54.6 Å². The van der Waals surface area contributed by atoms with E-state index in [2.05, 4.69) is 0 Å². The van der Waals surface area contributed by atoms with Gasteiger partial charge in [-0.15, -0.1) is 0 Å². The fourth-order valence-electron chi connectivity index (χ4n) is 7.29. The number of methoxy groups -OCH3 is 1. The van der Waals surface area contributed by atoms with Crippen LogP contribution in [0, 0.1) is 0 Å². The molecule has 318 valence electrons. The predicted octanol–water partition coefficient (Wildman–Crippen LogP) is 3.88. The molecular weight excluding hydrogens is 761 g/mol. The second kappa shape index (κ2) is 20.3. The fraction of sp³-hybridized carbons (Fsp3) is 0.476. The summed E-state index contributed by atoms with van der Waals surface area (Å²) in [7, 11) is 4.98. The van der Waals surface area contributed by atoms with E-state index in [0.29, 0.717) is 63.7 Å². The van der Waals surface area contributed by atoms with Crippen molar-refractivity contribution in [3.63, 3.8) is 0 Å². The molecule has 0 radical (unpaired) electrons. The van der Waals surface area contributed by atoms with Gasteiger partial charge >= 0.3 is 24.2 Å². The van der Waals surface area contributed by atoms with Crippen molar-refractivity contribution in [2.75, 3.05) is 91.6 Å². The van der Waals surface area contributed by atoms with Crippen LogP contribution in [0.4, 0.5) is 30.6 Å². The van der Waals surface area contributed by atoms with Gasteiger partial charge in [0.2, 0.25) is 0 Å². The average molecular weight is 817 g/mol. The van der Waals surface area contributed by atoms with Gasteiger partial charge in [0.15, 0.2) is 6.29 Å². The summed E-state index contributed by atoms with van der Waals surface area (Å²) in [5.74, 6) is 0. The maximum atomic E-state index is 13.7. The summed E-state index contributed by atoms with van der Waals surface area (Å²) < 4.78 is 30.1. The zero-order valence-corrected chi connectivity index (χ0v) is 34.0. The second-order valence-electron chi connectivity index (χ2n) is 15.0. The van der Waals surface area contributed by atoms with E-state index in [4.69, 9.17) is 35.2 Å². The van der Waals surface area contributed by atoms with Gasteiger partial charge < -0.3 is 64.6 Å². The van der Waals surface area contributed by atoms with Gasteiger partial charge in [0, 0.05) is 104 Å². The number of piperazine rings is 2. The molecule has 17 heteroatoms. The van der Waals surface area contributed by atoms with Crippen molar-refractivity contribution in [2.45, 2.75) is 50.7 Å². The number of anilines is 2. The molecule has 0 unspecified atom stereocenters. The number of nitrogens with zero attached hydrogens (tertiary/aromatic N) is 6.